The molecule has 0 unspecified atom stereocenters. The quantitative estimate of drug-likeness (QED) is 0.414. The minimum absolute atomic E-state index is 0.183. The summed E-state index contributed by atoms with van der Waals surface area (Å²) in [5.41, 5.74) is -0.183. The zero-order valence-electron chi connectivity index (χ0n) is 17.6. The second-order valence-electron chi connectivity index (χ2n) is 7.89. The van der Waals surface area contributed by atoms with Crippen LogP contribution in [-0.2, 0) is 21.1 Å². The van der Waals surface area contributed by atoms with Crippen molar-refractivity contribution in [2.24, 2.45) is 5.92 Å². The van der Waals surface area contributed by atoms with Gasteiger partial charge in [0.15, 0.2) is 0 Å². The molecule has 0 radical (unpaired) electrons. The van der Waals surface area contributed by atoms with Crippen LogP contribution in [0.25, 0.3) is 0 Å². The van der Waals surface area contributed by atoms with Gasteiger partial charge in [0.25, 0.3) is 0 Å². The van der Waals surface area contributed by atoms with Crippen LogP contribution in [0.15, 0.2) is 12.7 Å². The van der Waals surface area contributed by atoms with Gasteiger partial charge in [-0.3, -0.25) is 4.68 Å². The van der Waals surface area contributed by atoms with Crippen molar-refractivity contribution in [1.82, 2.24) is 20.1 Å². The highest BCUT2D eigenvalue weighted by molar-refractivity contribution is 4.91. The largest absolute Gasteiger partial charge is 0.351 e. The van der Waals surface area contributed by atoms with Crippen molar-refractivity contribution in [3.05, 3.63) is 12.7 Å². The van der Waals surface area contributed by atoms with Crippen molar-refractivity contribution in [1.29, 1.82) is 0 Å². The monoisotopic (exact) mass is 382 g/mol. The van der Waals surface area contributed by atoms with Crippen molar-refractivity contribution in [2.45, 2.75) is 90.1 Å². The van der Waals surface area contributed by atoms with E-state index in [9.17, 15) is 0 Å². The third-order valence-electron chi connectivity index (χ3n) is 5.72. The zero-order chi connectivity index (χ0) is 19.6. The molecule has 0 aliphatic carbocycles. The maximum absolute atomic E-state index is 6.01. The van der Waals surface area contributed by atoms with Crippen molar-refractivity contribution < 1.29 is 14.5 Å². The van der Waals surface area contributed by atoms with E-state index in [-0.39, 0.29) is 11.5 Å². The number of hydrogen-bond donors (Lipinski definition) is 1. The minimum atomic E-state index is -0.708. The van der Waals surface area contributed by atoms with Crippen molar-refractivity contribution >= 4 is 0 Å². The molecule has 2 rings (SSSR count). The van der Waals surface area contributed by atoms with Crippen LogP contribution in [0.1, 0.15) is 72.1 Å². The fourth-order valence-corrected chi connectivity index (χ4v) is 3.77. The predicted octanol–water partition coefficient (Wildman–Crippen LogP) is 3.71. The molecule has 0 aromatic carbocycles. The maximum atomic E-state index is 6.01. The highest BCUT2D eigenvalue weighted by Gasteiger charge is 2.49. The number of nitrogens with one attached hydrogen (secondary N) is 1. The van der Waals surface area contributed by atoms with E-state index >= 15 is 0 Å². The molecule has 1 fully saturated rings. The Labute approximate surface area is 164 Å². The van der Waals surface area contributed by atoms with E-state index in [0.29, 0.717) is 0 Å². The SMILES string of the molecule is CCCCC1(CCCC)C[C@@H](CNCCCn2cncn2)[C@@](C)(OC)OO1. The minimum Gasteiger partial charge on any atom is -0.351 e. The molecule has 156 valence electrons. The Hall–Kier alpha value is -1.02. The van der Waals surface area contributed by atoms with Gasteiger partial charge in [-0.05, 0) is 39.2 Å². The molecule has 2 atom stereocenters. The number of unbranched alkanes of at least 4 members (excludes halogenated alkanes) is 2. The number of nitrogens with zero attached hydrogens (tertiary/aromatic N) is 3. The average Bonchev–Trinajstić information content (AvgIpc) is 3.20. The molecule has 1 aliphatic rings. The second-order valence-corrected chi connectivity index (χ2v) is 7.89. The molecule has 1 saturated heterocycles. The molecule has 0 spiro atoms. The van der Waals surface area contributed by atoms with Crippen LogP contribution in [-0.4, -0.2) is 46.4 Å². The fourth-order valence-electron chi connectivity index (χ4n) is 3.77. The van der Waals surface area contributed by atoms with Crippen LogP contribution in [0.4, 0.5) is 0 Å². The summed E-state index contributed by atoms with van der Waals surface area (Å²) in [7, 11) is 1.70. The van der Waals surface area contributed by atoms with Gasteiger partial charge in [0.05, 0.1) is 0 Å². The van der Waals surface area contributed by atoms with E-state index in [1.807, 2.05) is 11.6 Å². The number of hydrogen-bond acceptors (Lipinski definition) is 6. The summed E-state index contributed by atoms with van der Waals surface area (Å²) in [5, 5.41) is 7.72. The lowest BCUT2D eigenvalue weighted by Gasteiger charge is -2.48. The van der Waals surface area contributed by atoms with Gasteiger partial charge in [0.2, 0.25) is 5.79 Å². The van der Waals surface area contributed by atoms with Gasteiger partial charge in [-0.2, -0.15) is 5.10 Å². The van der Waals surface area contributed by atoms with Gasteiger partial charge in [-0.1, -0.05) is 39.5 Å². The molecule has 1 aromatic heterocycles. The third-order valence-corrected chi connectivity index (χ3v) is 5.72. The number of rotatable bonds is 13. The Morgan fingerprint density at radius 3 is 2.52 bits per heavy atom. The first-order valence-electron chi connectivity index (χ1n) is 10.5. The molecular weight excluding hydrogens is 344 g/mol. The lowest BCUT2D eigenvalue weighted by atomic mass is 9.79. The molecule has 1 aromatic rings. The topological polar surface area (TPSA) is 70.4 Å². The van der Waals surface area contributed by atoms with E-state index in [1.165, 1.54) is 12.8 Å². The van der Waals surface area contributed by atoms with E-state index < -0.39 is 5.79 Å². The summed E-state index contributed by atoms with van der Waals surface area (Å²) in [4.78, 5) is 15.9. The maximum Gasteiger partial charge on any atom is 0.202 e. The van der Waals surface area contributed by atoms with E-state index in [4.69, 9.17) is 14.5 Å². The fraction of sp³-hybridized carbons (Fsp3) is 0.900. The van der Waals surface area contributed by atoms with Crippen LogP contribution >= 0.6 is 0 Å². The lowest BCUT2D eigenvalue weighted by molar-refractivity contribution is -0.500. The van der Waals surface area contributed by atoms with Gasteiger partial charge in [0.1, 0.15) is 18.3 Å². The number of methoxy groups -OCH3 is 1. The molecule has 0 saturated carbocycles. The Kier molecular flexibility index (Phi) is 9.15. The summed E-state index contributed by atoms with van der Waals surface area (Å²) in [6.07, 6.45) is 12.1. The van der Waals surface area contributed by atoms with Gasteiger partial charge >= 0.3 is 0 Å². The smallest absolute Gasteiger partial charge is 0.202 e. The first kappa shape index (κ1) is 22.3. The summed E-state index contributed by atoms with van der Waals surface area (Å²) >= 11 is 0. The Bertz CT molecular complexity index is 503. The van der Waals surface area contributed by atoms with Crippen molar-refractivity contribution in [2.75, 3.05) is 20.2 Å². The number of aryl methyl sites for hydroxylation is 1. The highest BCUT2D eigenvalue weighted by Crippen LogP contribution is 2.43. The molecular formula is C20H38N4O3. The first-order chi connectivity index (χ1) is 13.1. The molecule has 7 nitrogen and oxygen atoms in total. The number of aromatic nitrogens is 3. The molecule has 7 heteroatoms. The summed E-state index contributed by atoms with van der Waals surface area (Å²) in [5.74, 6) is -0.461. The third kappa shape index (κ3) is 6.52. The molecule has 27 heavy (non-hydrogen) atoms. The van der Waals surface area contributed by atoms with Gasteiger partial charge in [-0.25, -0.2) is 14.8 Å². The van der Waals surface area contributed by atoms with E-state index in [2.05, 4.69) is 29.2 Å². The standard InChI is InChI=1S/C20H38N4O3/c1-5-7-10-20(11-8-6-2)14-18(19(3,25-4)26-27-20)15-21-12-9-13-24-17-22-16-23-24/h16-18,21H,5-15H2,1-4H3/t18-,19-/m0/s1. The summed E-state index contributed by atoms with van der Waals surface area (Å²) in [6.45, 7) is 9.09. The zero-order valence-corrected chi connectivity index (χ0v) is 17.6. The van der Waals surface area contributed by atoms with Crippen LogP contribution in [0, 0.1) is 5.92 Å². The highest BCUT2D eigenvalue weighted by atomic mass is 17.2. The van der Waals surface area contributed by atoms with Crippen molar-refractivity contribution in [3.8, 4) is 0 Å². The van der Waals surface area contributed by atoms with Crippen LogP contribution < -0.4 is 5.32 Å². The molecule has 2 heterocycles. The average molecular weight is 383 g/mol. The van der Waals surface area contributed by atoms with Gasteiger partial charge in [-0.15, -0.1) is 0 Å². The van der Waals surface area contributed by atoms with Gasteiger partial charge in [0, 0.05) is 26.1 Å². The van der Waals surface area contributed by atoms with Crippen LogP contribution in [0.3, 0.4) is 0 Å². The predicted molar refractivity (Wildman–Crippen MR) is 105 cm³/mol. The number of ether oxygens (including phenoxy) is 1. The van der Waals surface area contributed by atoms with Crippen LogP contribution in [0.5, 0.6) is 0 Å². The summed E-state index contributed by atoms with van der Waals surface area (Å²) < 4.78 is 7.56. The normalized spacial score (nSPS) is 25.0. The molecule has 0 bridgehead atoms. The Morgan fingerprint density at radius 2 is 1.93 bits per heavy atom. The van der Waals surface area contributed by atoms with E-state index in [1.54, 1.807) is 19.8 Å². The summed E-state index contributed by atoms with van der Waals surface area (Å²) in [6, 6.07) is 0. The van der Waals surface area contributed by atoms with E-state index in [0.717, 1.165) is 58.2 Å². The molecule has 1 N–H and O–H groups in total. The second kappa shape index (κ2) is 11.1. The molecule has 1 aliphatic heterocycles. The molecule has 0 amide bonds. The van der Waals surface area contributed by atoms with Crippen molar-refractivity contribution in [3.63, 3.8) is 0 Å². The lowest BCUT2D eigenvalue weighted by Crippen LogP contribution is -2.55. The van der Waals surface area contributed by atoms with Gasteiger partial charge < -0.3 is 10.1 Å². The Balaban J connectivity index is 1.89. The first-order valence-corrected chi connectivity index (χ1v) is 10.5. The Morgan fingerprint density at radius 1 is 1.19 bits per heavy atom. The van der Waals surface area contributed by atoms with Crippen LogP contribution in [0.2, 0.25) is 0 Å².